The summed E-state index contributed by atoms with van der Waals surface area (Å²) in [6.45, 7) is 0. The molecule has 25 heavy (non-hydrogen) atoms. The van der Waals surface area contributed by atoms with Crippen LogP contribution in [0.1, 0.15) is 0 Å². The van der Waals surface area contributed by atoms with Crippen LogP contribution in [-0.4, -0.2) is 21.5 Å². The molecule has 128 valence electrons. The van der Waals surface area contributed by atoms with Gasteiger partial charge in [-0.15, -0.1) is 0 Å². The lowest BCUT2D eigenvalue weighted by Gasteiger charge is -2.38. The molecular formula is C19H16O5S. The maximum atomic E-state index is 11.6. The SMILES string of the molecule is O=C(O)OS(c1ccccc1)(c1ccc(O)cc1)c1ccc(O)cc1. The number of aromatic hydroxyl groups is 2. The average Bonchev–Trinajstić information content (AvgIpc) is 2.62. The van der Waals surface area contributed by atoms with Crippen molar-refractivity contribution in [2.75, 3.05) is 0 Å². The van der Waals surface area contributed by atoms with Crippen LogP contribution < -0.4 is 0 Å². The second-order valence-electron chi connectivity index (χ2n) is 5.21. The summed E-state index contributed by atoms with van der Waals surface area (Å²) < 4.78 is 5.51. The summed E-state index contributed by atoms with van der Waals surface area (Å²) in [6, 6.07) is 21.6. The van der Waals surface area contributed by atoms with E-state index >= 15 is 0 Å². The van der Waals surface area contributed by atoms with E-state index in [1.165, 1.54) is 24.3 Å². The Balaban J connectivity index is 2.32. The molecule has 3 aromatic carbocycles. The van der Waals surface area contributed by atoms with Gasteiger partial charge in [0.2, 0.25) is 0 Å². The first-order chi connectivity index (χ1) is 12.0. The van der Waals surface area contributed by atoms with Gasteiger partial charge in [0.25, 0.3) is 0 Å². The fourth-order valence-electron chi connectivity index (χ4n) is 2.55. The molecule has 0 aliphatic carbocycles. The molecule has 5 nitrogen and oxygen atoms in total. The maximum absolute atomic E-state index is 11.6. The summed E-state index contributed by atoms with van der Waals surface area (Å²) >= 11 is 0. The van der Waals surface area contributed by atoms with Crippen molar-refractivity contribution < 1.29 is 24.3 Å². The molecule has 0 amide bonds. The Kier molecular flexibility index (Phi) is 4.54. The number of phenolic OH excluding ortho intramolecular Hbond substituents is 2. The van der Waals surface area contributed by atoms with Gasteiger partial charge in [-0.1, -0.05) is 18.2 Å². The van der Waals surface area contributed by atoms with E-state index in [0.29, 0.717) is 14.7 Å². The first kappa shape index (κ1) is 16.7. The number of rotatable bonds is 4. The van der Waals surface area contributed by atoms with Crippen LogP contribution in [0.2, 0.25) is 0 Å². The van der Waals surface area contributed by atoms with E-state index in [2.05, 4.69) is 0 Å². The molecule has 0 bridgehead atoms. The van der Waals surface area contributed by atoms with Crippen LogP contribution >= 0.6 is 10.3 Å². The lowest BCUT2D eigenvalue weighted by Crippen LogP contribution is -2.11. The van der Waals surface area contributed by atoms with Crippen LogP contribution in [0.25, 0.3) is 0 Å². The molecule has 3 rings (SSSR count). The van der Waals surface area contributed by atoms with Crippen LogP contribution in [-0.2, 0) is 4.18 Å². The molecule has 6 heteroatoms. The van der Waals surface area contributed by atoms with E-state index in [1.54, 1.807) is 36.4 Å². The van der Waals surface area contributed by atoms with Crippen molar-refractivity contribution in [3.05, 3.63) is 78.9 Å². The lowest BCUT2D eigenvalue weighted by molar-refractivity contribution is 0.150. The number of hydrogen-bond donors (Lipinski definition) is 3. The van der Waals surface area contributed by atoms with Gasteiger partial charge in [0.15, 0.2) is 0 Å². The molecule has 0 spiro atoms. The van der Waals surface area contributed by atoms with Crippen molar-refractivity contribution in [3.63, 3.8) is 0 Å². The van der Waals surface area contributed by atoms with E-state index in [4.69, 9.17) is 4.18 Å². The topological polar surface area (TPSA) is 87.0 Å². The first-order valence-electron chi connectivity index (χ1n) is 7.41. The Morgan fingerprint density at radius 2 is 1.08 bits per heavy atom. The Bertz CT molecular complexity index is 815. The third-order valence-electron chi connectivity index (χ3n) is 3.61. The first-order valence-corrected chi connectivity index (χ1v) is 8.97. The van der Waals surface area contributed by atoms with Crippen molar-refractivity contribution in [3.8, 4) is 11.5 Å². The highest BCUT2D eigenvalue weighted by molar-refractivity contribution is 8.30. The molecule has 3 aromatic rings. The summed E-state index contributed by atoms with van der Waals surface area (Å²) in [4.78, 5) is 13.5. The molecule has 0 heterocycles. The third-order valence-corrected chi connectivity index (χ3v) is 6.81. The predicted octanol–water partition coefficient (Wildman–Crippen LogP) is 4.99. The van der Waals surface area contributed by atoms with Crippen LogP contribution in [0.4, 0.5) is 4.79 Å². The van der Waals surface area contributed by atoms with E-state index < -0.39 is 16.5 Å². The number of carbonyl (C=O) groups is 1. The summed E-state index contributed by atoms with van der Waals surface area (Å²) in [7, 11) is -2.59. The van der Waals surface area contributed by atoms with Gasteiger partial charge in [-0.3, -0.25) is 0 Å². The van der Waals surface area contributed by atoms with Gasteiger partial charge in [0.1, 0.15) is 11.5 Å². The van der Waals surface area contributed by atoms with Gasteiger partial charge < -0.3 is 19.5 Å². The molecule has 0 unspecified atom stereocenters. The normalized spacial score (nSPS) is 11.7. The minimum absolute atomic E-state index is 0.0751. The van der Waals surface area contributed by atoms with Crippen molar-refractivity contribution in [1.29, 1.82) is 0 Å². The smallest absolute Gasteiger partial charge is 0.508 e. The average molecular weight is 356 g/mol. The second kappa shape index (κ2) is 6.78. The largest absolute Gasteiger partial charge is 0.517 e. The Morgan fingerprint density at radius 3 is 1.48 bits per heavy atom. The summed E-state index contributed by atoms with van der Waals surface area (Å²) in [5.74, 6) is 0.150. The Labute approximate surface area is 146 Å². The molecule has 0 atom stereocenters. The van der Waals surface area contributed by atoms with E-state index in [-0.39, 0.29) is 11.5 Å². The van der Waals surface area contributed by atoms with Crippen molar-refractivity contribution >= 4 is 16.5 Å². The zero-order chi connectivity index (χ0) is 17.9. The monoisotopic (exact) mass is 356 g/mol. The quantitative estimate of drug-likeness (QED) is 0.613. The van der Waals surface area contributed by atoms with Gasteiger partial charge in [0.05, 0.1) is 0 Å². The fourth-order valence-corrected chi connectivity index (χ4v) is 5.45. The molecule has 0 aromatic heterocycles. The molecule has 0 saturated heterocycles. The highest BCUT2D eigenvalue weighted by Crippen LogP contribution is 2.69. The predicted molar refractivity (Wildman–Crippen MR) is 94.2 cm³/mol. The molecule has 3 N–H and O–H groups in total. The summed E-state index contributed by atoms with van der Waals surface area (Å²) in [6.07, 6.45) is -1.40. The van der Waals surface area contributed by atoms with E-state index in [1.807, 2.05) is 18.2 Å². The fraction of sp³-hybridized carbons (Fsp3) is 0. The standard InChI is InChI=1S/C19H16O5S/c20-14-6-10-17(11-7-14)25(24-19(22)23,16-4-2-1-3-5-16)18-12-8-15(21)9-13-18/h1-13,20-21H,(H,22,23). The van der Waals surface area contributed by atoms with Crippen LogP contribution in [0.15, 0.2) is 93.5 Å². The van der Waals surface area contributed by atoms with Gasteiger partial charge in [0, 0.05) is 14.7 Å². The minimum atomic E-state index is -2.59. The number of benzene rings is 3. The van der Waals surface area contributed by atoms with Crippen molar-refractivity contribution in [1.82, 2.24) is 0 Å². The molecule has 0 radical (unpaired) electrons. The molecule has 0 aliphatic heterocycles. The van der Waals surface area contributed by atoms with Gasteiger partial charge in [-0.25, -0.2) is 4.79 Å². The van der Waals surface area contributed by atoms with E-state index in [9.17, 15) is 20.1 Å². The van der Waals surface area contributed by atoms with Gasteiger partial charge in [-0.05, 0) is 71.0 Å². The number of phenols is 2. The molecule has 0 aliphatic rings. The third kappa shape index (κ3) is 3.25. The maximum Gasteiger partial charge on any atom is 0.517 e. The van der Waals surface area contributed by atoms with Gasteiger partial charge in [-0.2, -0.15) is 0 Å². The molecule has 0 saturated carbocycles. The zero-order valence-corrected chi connectivity index (χ0v) is 13.9. The van der Waals surface area contributed by atoms with Crippen LogP contribution in [0.5, 0.6) is 11.5 Å². The van der Waals surface area contributed by atoms with Crippen LogP contribution in [0, 0.1) is 0 Å². The number of hydrogen-bond acceptors (Lipinski definition) is 4. The van der Waals surface area contributed by atoms with Gasteiger partial charge >= 0.3 is 6.16 Å². The highest BCUT2D eigenvalue weighted by atomic mass is 32.3. The van der Waals surface area contributed by atoms with Crippen molar-refractivity contribution in [2.45, 2.75) is 14.7 Å². The second-order valence-corrected chi connectivity index (χ2v) is 7.90. The Morgan fingerprint density at radius 1 is 0.680 bits per heavy atom. The highest BCUT2D eigenvalue weighted by Gasteiger charge is 2.35. The van der Waals surface area contributed by atoms with E-state index in [0.717, 1.165) is 0 Å². The minimum Gasteiger partial charge on any atom is -0.508 e. The summed E-state index contributed by atoms with van der Waals surface area (Å²) in [5, 5.41) is 28.6. The van der Waals surface area contributed by atoms with Crippen LogP contribution in [0.3, 0.4) is 0 Å². The molecular weight excluding hydrogens is 340 g/mol. The Hall–Kier alpha value is -3.12. The van der Waals surface area contributed by atoms with Crippen molar-refractivity contribution in [2.24, 2.45) is 0 Å². The lowest BCUT2D eigenvalue weighted by atomic mass is 10.3. The summed E-state index contributed by atoms with van der Waals surface area (Å²) in [5.41, 5.74) is 0. The number of carboxylic acid groups (broad SMARTS) is 1. The molecule has 0 fully saturated rings. The zero-order valence-electron chi connectivity index (χ0n) is 13.1.